The molecular weight excluding hydrogens is 378 g/mol. The maximum atomic E-state index is 11.5. The number of carbonyl (C=O) groups is 1. The van der Waals surface area contributed by atoms with E-state index >= 15 is 0 Å². The average molecular weight is 414 g/mol. The fourth-order valence-electron chi connectivity index (χ4n) is 4.37. The summed E-state index contributed by atoms with van der Waals surface area (Å²) >= 11 is 0. The number of aryl methyl sites for hydroxylation is 1. The van der Waals surface area contributed by atoms with Gasteiger partial charge in [-0.2, -0.15) is 0 Å². The lowest BCUT2D eigenvalue weighted by Gasteiger charge is -2.27. The molecule has 1 aromatic rings. The molecule has 30 heavy (non-hydrogen) atoms. The Kier molecular flexibility index (Phi) is 9.12. The number of allylic oxidation sites excluding steroid dienone is 2. The van der Waals surface area contributed by atoms with E-state index in [4.69, 9.17) is 9.78 Å². The zero-order chi connectivity index (χ0) is 21.2. The van der Waals surface area contributed by atoms with Crippen LogP contribution in [0.1, 0.15) is 51.0 Å². The van der Waals surface area contributed by atoms with Crippen molar-refractivity contribution in [1.82, 2.24) is 5.32 Å². The SMILES string of the molecule is CCNC(=O)CCC/C=C/CC1C2CC(OO2)C1/C=C/C(O)CCc1ccccc1. The van der Waals surface area contributed by atoms with Crippen LogP contribution in [0, 0.1) is 11.8 Å². The highest BCUT2D eigenvalue weighted by molar-refractivity contribution is 5.75. The molecule has 0 aromatic heterocycles. The highest BCUT2D eigenvalue weighted by Gasteiger charge is 2.49. The number of unbranched alkanes of at least 4 members (excludes halogenated alkanes) is 1. The summed E-state index contributed by atoms with van der Waals surface area (Å²) in [4.78, 5) is 22.4. The third kappa shape index (κ3) is 6.79. The number of hydrogen-bond donors (Lipinski definition) is 2. The van der Waals surface area contributed by atoms with Crippen LogP contribution in [-0.2, 0) is 21.0 Å². The molecule has 1 aliphatic carbocycles. The largest absolute Gasteiger partial charge is 0.389 e. The monoisotopic (exact) mass is 413 g/mol. The summed E-state index contributed by atoms with van der Waals surface area (Å²) < 4.78 is 0. The first-order chi connectivity index (χ1) is 14.7. The van der Waals surface area contributed by atoms with E-state index in [1.165, 1.54) is 5.56 Å². The van der Waals surface area contributed by atoms with Gasteiger partial charge in [0.05, 0.1) is 12.2 Å². The Morgan fingerprint density at radius 3 is 2.83 bits per heavy atom. The van der Waals surface area contributed by atoms with Gasteiger partial charge in [-0.25, -0.2) is 9.78 Å². The van der Waals surface area contributed by atoms with Crippen molar-refractivity contribution < 1.29 is 19.7 Å². The molecule has 2 aliphatic rings. The van der Waals surface area contributed by atoms with Crippen LogP contribution in [-0.4, -0.2) is 35.9 Å². The van der Waals surface area contributed by atoms with Crippen molar-refractivity contribution >= 4 is 5.91 Å². The number of fused-ring (bicyclic) bond motifs is 2. The quantitative estimate of drug-likeness (QED) is 0.307. The normalized spacial score (nSPS) is 26.6. The molecule has 5 atom stereocenters. The minimum absolute atomic E-state index is 0.0868. The van der Waals surface area contributed by atoms with Gasteiger partial charge in [-0.3, -0.25) is 4.79 Å². The second-order valence-corrected chi connectivity index (χ2v) is 8.28. The first kappa shape index (κ1) is 22.7. The lowest BCUT2D eigenvalue weighted by atomic mass is 9.89. The second-order valence-electron chi connectivity index (χ2n) is 8.28. The van der Waals surface area contributed by atoms with Gasteiger partial charge in [0.2, 0.25) is 5.91 Å². The van der Waals surface area contributed by atoms with E-state index in [1.807, 2.05) is 31.2 Å². The molecule has 0 radical (unpaired) electrons. The Hall–Kier alpha value is -1.95. The van der Waals surface area contributed by atoms with Gasteiger partial charge in [-0.05, 0) is 44.6 Å². The number of amides is 1. The van der Waals surface area contributed by atoms with E-state index in [-0.39, 0.29) is 24.0 Å². The first-order valence-corrected chi connectivity index (χ1v) is 11.3. The predicted molar refractivity (Wildman–Crippen MR) is 118 cm³/mol. The van der Waals surface area contributed by atoms with E-state index in [0.29, 0.717) is 18.9 Å². The molecule has 2 N–H and O–H groups in total. The first-order valence-electron chi connectivity index (χ1n) is 11.3. The van der Waals surface area contributed by atoms with Crippen molar-refractivity contribution in [2.24, 2.45) is 11.8 Å². The fraction of sp³-hybridized carbons (Fsp3) is 0.560. The number of benzene rings is 1. The third-order valence-corrected chi connectivity index (χ3v) is 6.02. The van der Waals surface area contributed by atoms with Crippen LogP contribution in [0.25, 0.3) is 0 Å². The number of aliphatic hydroxyl groups excluding tert-OH is 1. The predicted octanol–water partition coefficient (Wildman–Crippen LogP) is 4.12. The molecule has 1 aromatic carbocycles. The van der Waals surface area contributed by atoms with Crippen molar-refractivity contribution in [3.63, 3.8) is 0 Å². The molecule has 164 valence electrons. The summed E-state index contributed by atoms with van der Waals surface area (Å²) in [6.45, 7) is 2.63. The molecule has 1 heterocycles. The van der Waals surface area contributed by atoms with E-state index in [9.17, 15) is 9.90 Å². The number of aliphatic hydroxyl groups is 1. The molecule has 1 aliphatic heterocycles. The van der Waals surface area contributed by atoms with Crippen molar-refractivity contribution in [2.75, 3.05) is 6.54 Å². The average Bonchev–Trinajstić information content (AvgIpc) is 3.36. The standard InChI is InChI=1S/C25H35NO4/c1-2-26-25(28)13-9-4-3-8-12-21-22(24-18-23(21)29-30-24)17-16-20(27)15-14-19-10-6-5-7-11-19/h3,5-8,10-11,16-17,20-24,27H,2,4,9,12-15,18H2,1H3,(H,26,28)/b8-3+,17-16+. The summed E-state index contributed by atoms with van der Waals surface area (Å²) in [7, 11) is 0. The van der Waals surface area contributed by atoms with Crippen molar-refractivity contribution in [1.29, 1.82) is 0 Å². The highest BCUT2D eigenvalue weighted by atomic mass is 17.2. The van der Waals surface area contributed by atoms with Crippen LogP contribution in [0.2, 0.25) is 0 Å². The Morgan fingerprint density at radius 2 is 2.03 bits per heavy atom. The summed E-state index contributed by atoms with van der Waals surface area (Å²) in [5.74, 6) is 0.775. The Balaban J connectivity index is 1.42. The zero-order valence-electron chi connectivity index (χ0n) is 17.9. The number of carbonyl (C=O) groups excluding carboxylic acids is 1. The van der Waals surface area contributed by atoms with Crippen LogP contribution >= 0.6 is 0 Å². The minimum Gasteiger partial charge on any atom is -0.389 e. The Bertz CT molecular complexity index is 702. The molecule has 0 spiro atoms. The lowest BCUT2D eigenvalue weighted by molar-refractivity contribution is -0.336. The van der Waals surface area contributed by atoms with E-state index < -0.39 is 6.10 Å². The molecular formula is C25H35NO4. The van der Waals surface area contributed by atoms with Crippen molar-refractivity contribution in [2.45, 2.75) is 70.2 Å². The van der Waals surface area contributed by atoms with Gasteiger partial charge >= 0.3 is 0 Å². The fourth-order valence-corrected chi connectivity index (χ4v) is 4.37. The zero-order valence-corrected chi connectivity index (χ0v) is 17.9. The lowest BCUT2D eigenvalue weighted by Crippen LogP contribution is -2.28. The summed E-state index contributed by atoms with van der Waals surface area (Å²) in [5.41, 5.74) is 1.25. The number of rotatable bonds is 12. The van der Waals surface area contributed by atoms with Crippen LogP contribution in [0.5, 0.6) is 0 Å². The van der Waals surface area contributed by atoms with E-state index in [1.54, 1.807) is 0 Å². The van der Waals surface area contributed by atoms with Crippen LogP contribution in [0.4, 0.5) is 0 Å². The molecule has 1 saturated carbocycles. The maximum absolute atomic E-state index is 11.5. The smallest absolute Gasteiger partial charge is 0.219 e. The topological polar surface area (TPSA) is 67.8 Å². The van der Waals surface area contributed by atoms with E-state index in [0.717, 1.165) is 38.5 Å². The van der Waals surface area contributed by atoms with Gasteiger partial charge < -0.3 is 10.4 Å². The summed E-state index contributed by atoms with van der Waals surface area (Å²) in [6.07, 6.45) is 14.0. The van der Waals surface area contributed by atoms with Gasteiger partial charge in [-0.15, -0.1) is 0 Å². The molecule has 2 fully saturated rings. The van der Waals surface area contributed by atoms with Crippen LogP contribution in [0.15, 0.2) is 54.6 Å². The number of hydrogen-bond acceptors (Lipinski definition) is 4. The highest BCUT2D eigenvalue weighted by Crippen LogP contribution is 2.44. The molecule has 2 bridgehead atoms. The molecule has 5 heteroatoms. The minimum atomic E-state index is -0.448. The molecule has 1 saturated heterocycles. The maximum Gasteiger partial charge on any atom is 0.219 e. The van der Waals surface area contributed by atoms with Crippen molar-refractivity contribution in [3.05, 3.63) is 60.2 Å². The van der Waals surface area contributed by atoms with Gasteiger partial charge in [0, 0.05) is 31.2 Å². The number of nitrogens with one attached hydrogen (secondary N) is 1. The van der Waals surface area contributed by atoms with Gasteiger partial charge in [0.15, 0.2) is 0 Å². The molecule has 5 nitrogen and oxygen atoms in total. The summed E-state index contributed by atoms with van der Waals surface area (Å²) in [6, 6.07) is 10.3. The van der Waals surface area contributed by atoms with Gasteiger partial charge in [0.25, 0.3) is 0 Å². The third-order valence-electron chi connectivity index (χ3n) is 6.02. The van der Waals surface area contributed by atoms with Gasteiger partial charge in [-0.1, -0.05) is 54.6 Å². The summed E-state index contributed by atoms with van der Waals surface area (Å²) in [5, 5.41) is 13.2. The Labute approximate surface area is 180 Å². The van der Waals surface area contributed by atoms with Crippen molar-refractivity contribution in [3.8, 4) is 0 Å². The molecule has 3 rings (SSSR count). The van der Waals surface area contributed by atoms with Crippen LogP contribution in [0.3, 0.4) is 0 Å². The molecule has 5 unspecified atom stereocenters. The second kappa shape index (κ2) is 12.0. The van der Waals surface area contributed by atoms with Crippen LogP contribution < -0.4 is 5.32 Å². The van der Waals surface area contributed by atoms with Gasteiger partial charge in [0.1, 0.15) is 6.10 Å². The molecule has 1 amide bonds. The van der Waals surface area contributed by atoms with E-state index in [2.05, 4.69) is 35.7 Å². The Morgan fingerprint density at radius 1 is 1.23 bits per heavy atom.